The van der Waals surface area contributed by atoms with Crippen molar-refractivity contribution in [1.82, 2.24) is 5.32 Å². The summed E-state index contributed by atoms with van der Waals surface area (Å²) in [6.07, 6.45) is 5.81. The van der Waals surface area contributed by atoms with Crippen LogP contribution in [0, 0.1) is 6.92 Å². The first kappa shape index (κ1) is 7.87. The van der Waals surface area contributed by atoms with Crippen LogP contribution in [0.1, 0.15) is 30.6 Å². The molecule has 0 aliphatic heterocycles. The Labute approximate surface area is 73.0 Å². The Kier molecular flexibility index (Phi) is 2.17. The van der Waals surface area contributed by atoms with E-state index in [0.717, 1.165) is 18.3 Å². The van der Waals surface area contributed by atoms with Crippen molar-refractivity contribution >= 4 is 0 Å². The van der Waals surface area contributed by atoms with Crippen LogP contribution in [0.4, 0.5) is 0 Å². The van der Waals surface area contributed by atoms with Crippen LogP contribution >= 0.6 is 0 Å². The lowest BCUT2D eigenvalue weighted by Gasteiger charge is -2.26. The number of rotatable bonds is 3. The Bertz CT molecular complexity index is 250. The van der Waals surface area contributed by atoms with Gasteiger partial charge >= 0.3 is 0 Å². The molecule has 0 bridgehead atoms. The van der Waals surface area contributed by atoms with Crippen molar-refractivity contribution in [2.24, 2.45) is 0 Å². The Morgan fingerprint density at radius 2 is 2.42 bits per heavy atom. The highest BCUT2D eigenvalue weighted by molar-refractivity contribution is 5.14. The van der Waals surface area contributed by atoms with E-state index in [1.807, 2.05) is 6.07 Å². The van der Waals surface area contributed by atoms with Gasteiger partial charge in [0.25, 0.3) is 0 Å². The summed E-state index contributed by atoms with van der Waals surface area (Å²) in [5, 5.41) is 3.47. The van der Waals surface area contributed by atoms with Gasteiger partial charge in [-0.1, -0.05) is 6.42 Å². The van der Waals surface area contributed by atoms with Gasteiger partial charge in [0, 0.05) is 6.04 Å². The molecule has 1 heterocycles. The molecule has 0 radical (unpaired) electrons. The number of hydrogen-bond donors (Lipinski definition) is 1. The maximum absolute atomic E-state index is 5.32. The lowest BCUT2D eigenvalue weighted by molar-refractivity contribution is 0.324. The highest BCUT2D eigenvalue weighted by Crippen LogP contribution is 2.19. The molecule has 1 aliphatic rings. The minimum absolute atomic E-state index is 0.745. The normalized spacial score (nSPS) is 17.8. The fraction of sp³-hybridized carbons (Fsp3) is 0.600. The summed E-state index contributed by atoms with van der Waals surface area (Å²) in [7, 11) is 0. The molecule has 0 amide bonds. The molecule has 0 spiro atoms. The van der Waals surface area contributed by atoms with Crippen LogP contribution in [-0.4, -0.2) is 6.04 Å². The van der Waals surface area contributed by atoms with Crippen molar-refractivity contribution in [3.05, 3.63) is 23.7 Å². The van der Waals surface area contributed by atoms with E-state index in [1.165, 1.54) is 24.8 Å². The van der Waals surface area contributed by atoms with Gasteiger partial charge in [0.05, 0.1) is 12.8 Å². The lowest BCUT2D eigenvalue weighted by atomic mass is 9.93. The van der Waals surface area contributed by atoms with Gasteiger partial charge in [-0.2, -0.15) is 0 Å². The molecule has 0 unspecified atom stereocenters. The quantitative estimate of drug-likeness (QED) is 0.743. The van der Waals surface area contributed by atoms with E-state index in [4.69, 9.17) is 4.42 Å². The van der Waals surface area contributed by atoms with Crippen LogP contribution in [0.2, 0.25) is 0 Å². The molecule has 2 rings (SSSR count). The first-order valence-corrected chi connectivity index (χ1v) is 4.62. The van der Waals surface area contributed by atoms with Crippen molar-refractivity contribution in [3.63, 3.8) is 0 Å². The molecule has 1 fully saturated rings. The van der Waals surface area contributed by atoms with Crippen molar-refractivity contribution < 1.29 is 4.42 Å². The van der Waals surface area contributed by atoms with E-state index in [0.29, 0.717) is 0 Å². The second-order valence-corrected chi connectivity index (χ2v) is 3.54. The van der Waals surface area contributed by atoms with Crippen LogP contribution in [0.15, 0.2) is 16.7 Å². The molecule has 66 valence electrons. The molecule has 2 heteroatoms. The number of nitrogens with one attached hydrogen (secondary N) is 1. The third kappa shape index (κ3) is 1.53. The molecule has 12 heavy (non-hydrogen) atoms. The van der Waals surface area contributed by atoms with Crippen LogP contribution in [0.5, 0.6) is 0 Å². The average Bonchev–Trinajstić information content (AvgIpc) is 2.33. The van der Waals surface area contributed by atoms with Crippen molar-refractivity contribution in [2.75, 3.05) is 0 Å². The second kappa shape index (κ2) is 3.31. The van der Waals surface area contributed by atoms with Gasteiger partial charge in [0.2, 0.25) is 0 Å². The molecule has 1 saturated carbocycles. The van der Waals surface area contributed by atoms with E-state index in [9.17, 15) is 0 Å². The predicted octanol–water partition coefficient (Wildman–Crippen LogP) is 2.23. The Morgan fingerprint density at radius 1 is 1.58 bits per heavy atom. The number of aryl methyl sites for hydroxylation is 1. The summed E-state index contributed by atoms with van der Waals surface area (Å²) in [6.45, 7) is 2.98. The minimum atomic E-state index is 0.745. The maximum Gasteiger partial charge on any atom is 0.120 e. The largest absolute Gasteiger partial charge is 0.468 e. The zero-order valence-corrected chi connectivity index (χ0v) is 7.47. The Balaban J connectivity index is 1.82. The molecule has 0 atom stereocenters. The Morgan fingerprint density at radius 3 is 2.92 bits per heavy atom. The minimum Gasteiger partial charge on any atom is -0.468 e. The summed E-state index contributed by atoms with van der Waals surface area (Å²) in [6, 6.07) is 2.76. The fourth-order valence-corrected chi connectivity index (χ4v) is 1.43. The molecule has 1 N–H and O–H groups in total. The zero-order chi connectivity index (χ0) is 8.39. The van der Waals surface area contributed by atoms with Crippen molar-refractivity contribution in [1.29, 1.82) is 0 Å². The van der Waals surface area contributed by atoms with Gasteiger partial charge in [-0.25, -0.2) is 0 Å². The number of hydrogen-bond acceptors (Lipinski definition) is 2. The lowest BCUT2D eigenvalue weighted by Crippen LogP contribution is -2.34. The van der Waals surface area contributed by atoms with Crippen LogP contribution in [-0.2, 0) is 6.54 Å². The van der Waals surface area contributed by atoms with E-state index in [2.05, 4.69) is 12.2 Å². The van der Waals surface area contributed by atoms with Gasteiger partial charge in [0.1, 0.15) is 5.76 Å². The standard InChI is InChI=1S/C10H15NO/c1-8-5-6-12-10(8)7-11-9-3-2-4-9/h5-6,9,11H,2-4,7H2,1H3. The molecule has 2 nitrogen and oxygen atoms in total. The van der Waals surface area contributed by atoms with E-state index in [-0.39, 0.29) is 0 Å². The second-order valence-electron chi connectivity index (χ2n) is 3.54. The topological polar surface area (TPSA) is 25.2 Å². The fourth-order valence-electron chi connectivity index (χ4n) is 1.43. The SMILES string of the molecule is Cc1ccoc1CNC1CCC1. The van der Waals surface area contributed by atoms with Gasteiger partial charge < -0.3 is 9.73 Å². The van der Waals surface area contributed by atoms with Crippen molar-refractivity contribution in [3.8, 4) is 0 Å². The average molecular weight is 165 g/mol. The highest BCUT2D eigenvalue weighted by atomic mass is 16.3. The molecular weight excluding hydrogens is 150 g/mol. The summed E-state index contributed by atoms with van der Waals surface area (Å²) in [4.78, 5) is 0. The summed E-state index contributed by atoms with van der Waals surface area (Å²) < 4.78 is 5.32. The van der Waals surface area contributed by atoms with Gasteiger partial charge in [-0.15, -0.1) is 0 Å². The highest BCUT2D eigenvalue weighted by Gasteiger charge is 2.16. The van der Waals surface area contributed by atoms with Crippen molar-refractivity contribution in [2.45, 2.75) is 38.8 Å². The molecular formula is C10H15NO. The van der Waals surface area contributed by atoms with Gasteiger partial charge in [-0.3, -0.25) is 0 Å². The third-order valence-electron chi connectivity index (χ3n) is 2.62. The monoisotopic (exact) mass is 165 g/mol. The smallest absolute Gasteiger partial charge is 0.120 e. The maximum atomic E-state index is 5.32. The molecule has 0 saturated heterocycles. The van der Waals surface area contributed by atoms with Gasteiger partial charge in [-0.05, 0) is 31.4 Å². The molecule has 1 aromatic heterocycles. The predicted molar refractivity (Wildman–Crippen MR) is 47.9 cm³/mol. The van der Waals surface area contributed by atoms with E-state index < -0.39 is 0 Å². The molecule has 1 aromatic rings. The summed E-state index contributed by atoms with van der Waals surface area (Å²) >= 11 is 0. The van der Waals surface area contributed by atoms with Crippen LogP contribution in [0.25, 0.3) is 0 Å². The van der Waals surface area contributed by atoms with E-state index in [1.54, 1.807) is 6.26 Å². The van der Waals surface area contributed by atoms with Crippen LogP contribution < -0.4 is 5.32 Å². The summed E-state index contributed by atoms with van der Waals surface area (Å²) in [5.41, 5.74) is 1.25. The number of furan rings is 1. The van der Waals surface area contributed by atoms with Gasteiger partial charge in [0.15, 0.2) is 0 Å². The Hall–Kier alpha value is -0.760. The first-order chi connectivity index (χ1) is 5.86. The molecule has 1 aliphatic carbocycles. The summed E-state index contributed by atoms with van der Waals surface area (Å²) in [5.74, 6) is 1.09. The van der Waals surface area contributed by atoms with E-state index >= 15 is 0 Å². The molecule has 0 aromatic carbocycles. The third-order valence-corrected chi connectivity index (χ3v) is 2.62. The van der Waals surface area contributed by atoms with Crippen LogP contribution in [0.3, 0.4) is 0 Å². The first-order valence-electron chi connectivity index (χ1n) is 4.62. The zero-order valence-electron chi connectivity index (χ0n) is 7.47.